The topological polar surface area (TPSA) is 9.23 Å². The third-order valence-electron chi connectivity index (χ3n) is 2.77. The summed E-state index contributed by atoms with van der Waals surface area (Å²) in [5.74, 6) is 1.70. The minimum absolute atomic E-state index is 0.841. The molecule has 88 valence electrons. The van der Waals surface area contributed by atoms with Crippen molar-refractivity contribution in [2.24, 2.45) is 0 Å². The molecule has 3 aromatic carbocycles. The summed E-state index contributed by atoms with van der Waals surface area (Å²) < 4.78 is 6.87. The lowest BCUT2D eigenvalue weighted by Gasteiger charge is -2.06. The van der Waals surface area contributed by atoms with Gasteiger partial charge in [-0.05, 0) is 47.2 Å². The second kappa shape index (κ2) is 4.83. The van der Waals surface area contributed by atoms with Gasteiger partial charge in [0, 0.05) is 4.47 Å². The summed E-state index contributed by atoms with van der Waals surface area (Å²) in [7, 11) is 0. The van der Waals surface area contributed by atoms with Crippen LogP contribution in [-0.2, 0) is 0 Å². The molecule has 0 radical (unpaired) electrons. The van der Waals surface area contributed by atoms with Crippen molar-refractivity contribution in [1.82, 2.24) is 0 Å². The van der Waals surface area contributed by atoms with E-state index in [2.05, 4.69) is 40.2 Å². The molecule has 0 aliphatic carbocycles. The Labute approximate surface area is 114 Å². The molecule has 0 spiro atoms. The van der Waals surface area contributed by atoms with Gasteiger partial charge in [-0.15, -0.1) is 0 Å². The maximum absolute atomic E-state index is 5.82. The molecule has 0 unspecified atom stereocenters. The highest BCUT2D eigenvalue weighted by Crippen LogP contribution is 2.26. The molecule has 0 aliphatic heterocycles. The Kier molecular flexibility index (Phi) is 3.03. The molecule has 0 N–H and O–H groups in total. The summed E-state index contributed by atoms with van der Waals surface area (Å²) >= 11 is 3.41. The molecule has 0 saturated heterocycles. The normalized spacial score (nSPS) is 10.5. The van der Waals surface area contributed by atoms with Crippen molar-refractivity contribution >= 4 is 26.7 Å². The van der Waals surface area contributed by atoms with E-state index in [1.807, 2.05) is 42.5 Å². The molecular formula is C16H11BrO. The van der Waals surface area contributed by atoms with Crippen molar-refractivity contribution in [3.05, 3.63) is 71.2 Å². The first-order valence-electron chi connectivity index (χ1n) is 5.73. The van der Waals surface area contributed by atoms with E-state index in [-0.39, 0.29) is 0 Å². The summed E-state index contributed by atoms with van der Waals surface area (Å²) in [6, 6.07) is 22.2. The van der Waals surface area contributed by atoms with Crippen molar-refractivity contribution in [3.63, 3.8) is 0 Å². The number of hydrogen-bond donors (Lipinski definition) is 0. The van der Waals surface area contributed by atoms with Crippen LogP contribution in [0.3, 0.4) is 0 Å². The smallest absolute Gasteiger partial charge is 0.128 e. The molecule has 0 fully saturated rings. The monoisotopic (exact) mass is 298 g/mol. The molecule has 3 aromatic rings. The summed E-state index contributed by atoms with van der Waals surface area (Å²) in [6.45, 7) is 0. The zero-order valence-corrected chi connectivity index (χ0v) is 11.2. The van der Waals surface area contributed by atoms with Crippen LogP contribution in [0.4, 0.5) is 0 Å². The van der Waals surface area contributed by atoms with Gasteiger partial charge in [0.05, 0.1) is 0 Å². The number of hydrogen-bond acceptors (Lipinski definition) is 1. The van der Waals surface area contributed by atoms with Gasteiger partial charge in [0.25, 0.3) is 0 Å². The van der Waals surface area contributed by atoms with Crippen LogP contribution in [0, 0.1) is 0 Å². The van der Waals surface area contributed by atoms with Gasteiger partial charge in [-0.2, -0.15) is 0 Å². The molecule has 2 heteroatoms. The minimum atomic E-state index is 0.841. The van der Waals surface area contributed by atoms with E-state index in [0.717, 1.165) is 16.0 Å². The zero-order chi connectivity index (χ0) is 12.4. The second-order valence-corrected chi connectivity index (χ2v) is 4.98. The lowest BCUT2D eigenvalue weighted by Crippen LogP contribution is -1.83. The predicted octanol–water partition coefficient (Wildman–Crippen LogP) is 5.39. The predicted molar refractivity (Wildman–Crippen MR) is 78.2 cm³/mol. The Morgan fingerprint density at radius 1 is 0.667 bits per heavy atom. The van der Waals surface area contributed by atoms with Crippen molar-refractivity contribution in [2.45, 2.75) is 0 Å². The van der Waals surface area contributed by atoms with Gasteiger partial charge >= 0.3 is 0 Å². The van der Waals surface area contributed by atoms with Crippen molar-refractivity contribution < 1.29 is 4.74 Å². The van der Waals surface area contributed by atoms with E-state index in [0.29, 0.717) is 0 Å². The molecule has 0 aromatic heterocycles. The number of benzene rings is 3. The van der Waals surface area contributed by atoms with E-state index < -0.39 is 0 Å². The summed E-state index contributed by atoms with van der Waals surface area (Å²) in [4.78, 5) is 0. The fourth-order valence-electron chi connectivity index (χ4n) is 1.87. The standard InChI is InChI=1S/C16H11BrO/c17-14-6-9-15(10-7-14)18-16-8-5-12-3-1-2-4-13(12)11-16/h1-11H. The third kappa shape index (κ3) is 2.39. The van der Waals surface area contributed by atoms with Crippen molar-refractivity contribution in [3.8, 4) is 11.5 Å². The summed E-state index contributed by atoms with van der Waals surface area (Å²) in [5, 5.41) is 2.41. The Hall–Kier alpha value is -1.80. The SMILES string of the molecule is Brc1ccc(Oc2ccc3ccccc3c2)cc1. The van der Waals surface area contributed by atoms with Gasteiger partial charge in [0.1, 0.15) is 11.5 Å². The van der Waals surface area contributed by atoms with Crippen LogP contribution < -0.4 is 4.74 Å². The van der Waals surface area contributed by atoms with Gasteiger partial charge in [0.2, 0.25) is 0 Å². The Balaban J connectivity index is 1.92. The summed E-state index contributed by atoms with van der Waals surface area (Å²) in [6.07, 6.45) is 0. The maximum atomic E-state index is 5.82. The molecule has 0 aliphatic rings. The van der Waals surface area contributed by atoms with Gasteiger partial charge in [-0.3, -0.25) is 0 Å². The van der Waals surface area contributed by atoms with Gasteiger partial charge in [-0.1, -0.05) is 46.3 Å². The molecule has 0 atom stereocenters. The number of fused-ring (bicyclic) bond motifs is 1. The average Bonchev–Trinajstić information content (AvgIpc) is 2.41. The van der Waals surface area contributed by atoms with Crippen LogP contribution in [0.1, 0.15) is 0 Å². The molecule has 18 heavy (non-hydrogen) atoms. The minimum Gasteiger partial charge on any atom is -0.457 e. The maximum Gasteiger partial charge on any atom is 0.128 e. The molecule has 0 heterocycles. The van der Waals surface area contributed by atoms with Gasteiger partial charge in [0.15, 0.2) is 0 Å². The van der Waals surface area contributed by atoms with Crippen LogP contribution >= 0.6 is 15.9 Å². The fraction of sp³-hybridized carbons (Fsp3) is 0. The largest absolute Gasteiger partial charge is 0.457 e. The quantitative estimate of drug-likeness (QED) is 0.616. The van der Waals surface area contributed by atoms with Crippen LogP contribution in [0.2, 0.25) is 0 Å². The number of rotatable bonds is 2. The van der Waals surface area contributed by atoms with Gasteiger partial charge in [-0.25, -0.2) is 0 Å². The van der Waals surface area contributed by atoms with E-state index in [4.69, 9.17) is 4.74 Å². The molecule has 3 rings (SSSR count). The molecule has 0 bridgehead atoms. The van der Waals surface area contributed by atoms with Crippen LogP contribution in [-0.4, -0.2) is 0 Å². The molecule has 0 amide bonds. The summed E-state index contributed by atoms with van der Waals surface area (Å²) in [5.41, 5.74) is 0. The van der Waals surface area contributed by atoms with Gasteiger partial charge < -0.3 is 4.74 Å². The molecule has 0 saturated carbocycles. The van der Waals surface area contributed by atoms with Crippen LogP contribution in [0.25, 0.3) is 10.8 Å². The first-order chi connectivity index (χ1) is 8.81. The Morgan fingerprint density at radius 3 is 2.11 bits per heavy atom. The first-order valence-corrected chi connectivity index (χ1v) is 6.53. The Bertz CT molecular complexity index is 674. The zero-order valence-electron chi connectivity index (χ0n) is 9.64. The third-order valence-corrected chi connectivity index (χ3v) is 3.30. The van der Waals surface area contributed by atoms with Crippen LogP contribution in [0.15, 0.2) is 71.2 Å². The lowest BCUT2D eigenvalue weighted by atomic mass is 10.1. The van der Waals surface area contributed by atoms with Crippen molar-refractivity contribution in [1.29, 1.82) is 0 Å². The number of ether oxygens (including phenoxy) is 1. The first kappa shape index (κ1) is 11.3. The average molecular weight is 299 g/mol. The van der Waals surface area contributed by atoms with Crippen LogP contribution in [0.5, 0.6) is 11.5 Å². The lowest BCUT2D eigenvalue weighted by molar-refractivity contribution is 0.483. The van der Waals surface area contributed by atoms with E-state index in [9.17, 15) is 0 Å². The van der Waals surface area contributed by atoms with E-state index in [1.54, 1.807) is 0 Å². The highest BCUT2D eigenvalue weighted by Gasteiger charge is 1.99. The van der Waals surface area contributed by atoms with Crippen molar-refractivity contribution in [2.75, 3.05) is 0 Å². The molecule has 1 nitrogen and oxygen atoms in total. The fourth-order valence-corrected chi connectivity index (χ4v) is 2.13. The second-order valence-electron chi connectivity index (χ2n) is 4.06. The van der Waals surface area contributed by atoms with E-state index >= 15 is 0 Å². The molecular weight excluding hydrogens is 288 g/mol. The highest BCUT2D eigenvalue weighted by molar-refractivity contribution is 9.10. The number of halogens is 1. The van der Waals surface area contributed by atoms with E-state index in [1.165, 1.54) is 10.8 Å². The Morgan fingerprint density at radius 2 is 1.33 bits per heavy atom. The highest BCUT2D eigenvalue weighted by atomic mass is 79.9.